The molecule has 1 aliphatic heterocycles. The van der Waals surface area contributed by atoms with E-state index in [1.807, 2.05) is 36.4 Å². The number of H-pyrrole nitrogens is 1. The molecule has 2 aromatic carbocycles. The number of thiocarbonyl (C=S) groups is 1. The SMILES string of the molecule is S=C(Nc1ccc(NCl)cc1)N1CCN(c2ncnc3[nH]c4ccccc4c23)CC1. The van der Waals surface area contributed by atoms with E-state index in [4.69, 9.17) is 24.0 Å². The maximum atomic E-state index is 5.62. The molecule has 0 bridgehead atoms. The van der Waals surface area contributed by atoms with Gasteiger partial charge in [0, 0.05) is 60.2 Å². The van der Waals surface area contributed by atoms with Crippen LogP contribution in [-0.4, -0.2) is 51.1 Å². The molecule has 4 aromatic rings. The number of halogens is 1. The van der Waals surface area contributed by atoms with Crippen LogP contribution in [0, 0.1) is 0 Å². The summed E-state index contributed by atoms with van der Waals surface area (Å²) in [6.45, 7) is 3.31. The van der Waals surface area contributed by atoms with Gasteiger partial charge in [-0.15, -0.1) is 0 Å². The van der Waals surface area contributed by atoms with Gasteiger partial charge in [-0.3, -0.25) is 4.84 Å². The number of benzene rings is 2. The van der Waals surface area contributed by atoms with E-state index in [1.54, 1.807) is 6.33 Å². The highest BCUT2D eigenvalue weighted by Crippen LogP contribution is 2.31. The Bertz CT molecular complexity index is 1200. The number of hydrogen-bond donors (Lipinski definition) is 3. The Morgan fingerprint density at radius 1 is 0.967 bits per heavy atom. The fraction of sp³-hybridized carbons (Fsp3) is 0.190. The summed E-state index contributed by atoms with van der Waals surface area (Å²) < 4.78 is 0. The van der Waals surface area contributed by atoms with Crippen molar-refractivity contribution >= 4 is 68.2 Å². The lowest BCUT2D eigenvalue weighted by molar-refractivity contribution is 0.390. The summed E-state index contributed by atoms with van der Waals surface area (Å²) in [5.74, 6) is 0.972. The van der Waals surface area contributed by atoms with Crippen molar-refractivity contribution in [2.24, 2.45) is 0 Å². The van der Waals surface area contributed by atoms with Gasteiger partial charge >= 0.3 is 0 Å². The Kier molecular flexibility index (Phi) is 5.02. The van der Waals surface area contributed by atoms with Crippen molar-refractivity contribution in [1.82, 2.24) is 19.9 Å². The Balaban J connectivity index is 1.30. The summed E-state index contributed by atoms with van der Waals surface area (Å²) in [4.78, 5) is 19.5. The minimum Gasteiger partial charge on any atom is -0.352 e. The minimum absolute atomic E-state index is 0.723. The number of fused-ring (bicyclic) bond motifs is 3. The Morgan fingerprint density at radius 3 is 2.47 bits per heavy atom. The van der Waals surface area contributed by atoms with Gasteiger partial charge < -0.3 is 20.1 Å². The standard InChI is InChI=1S/C21H20ClN7S/c22-27-15-7-5-14(6-8-15)25-21(30)29-11-9-28(10-12-29)20-18-16-3-1-2-4-17(16)26-19(18)23-13-24-20/h1-8,13,27H,9-12H2,(H,25,30)(H,23,24,26). The summed E-state index contributed by atoms with van der Waals surface area (Å²) in [5.41, 5.74) is 3.73. The molecule has 1 aliphatic rings. The van der Waals surface area contributed by atoms with Crippen molar-refractivity contribution < 1.29 is 0 Å². The molecule has 1 saturated heterocycles. The molecule has 0 saturated carbocycles. The number of para-hydroxylation sites is 1. The van der Waals surface area contributed by atoms with Gasteiger partial charge in [-0.25, -0.2) is 9.97 Å². The zero-order valence-electron chi connectivity index (χ0n) is 16.1. The first-order valence-electron chi connectivity index (χ1n) is 9.72. The first-order valence-corrected chi connectivity index (χ1v) is 10.5. The second kappa shape index (κ2) is 7.97. The molecule has 0 aliphatic carbocycles. The molecule has 0 spiro atoms. The van der Waals surface area contributed by atoms with Crippen molar-refractivity contribution in [3.05, 3.63) is 54.9 Å². The lowest BCUT2D eigenvalue weighted by Crippen LogP contribution is -2.50. The third kappa shape index (κ3) is 3.48. The van der Waals surface area contributed by atoms with E-state index in [-0.39, 0.29) is 0 Å². The maximum absolute atomic E-state index is 5.62. The molecule has 3 N–H and O–H groups in total. The van der Waals surface area contributed by atoms with E-state index in [2.05, 4.69) is 47.0 Å². The zero-order valence-corrected chi connectivity index (χ0v) is 17.7. The minimum atomic E-state index is 0.723. The van der Waals surface area contributed by atoms with Crippen molar-refractivity contribution in [2.45, 2.75) is 0 Å². The summed E-state index contributed by atoms with van der Waals surface area (Å²) >= 11 is 11.2. The van der Waals surface area contributed by atoms with E-state index in [0.717, 1.165) is 70.4 Å². The van der Waals surface area contributed by atoms with Crippen molar-refractivity contribution in [3.8, 4) is 0 Å². The van der Waals surface area contributed by atoms with Crippen LogP contribution in [0.4, 0.5) is 17.2 Å². The highest BCUT2D eigenvalue weighted by Gasteiger charge is 2.23. The third-order valence-corrected chi connectivity index (χ3v) is 5.97. The van der Waals surface area contributed by atoms with Gasteiger partial charge in [-0.2, -0.15) is 0 Å². The average Bonchev–Trinajstić information content (AvgIpc) is 3.18. The molecule has 0 atom stereocenters. The molecule has 1 fully saturated rings. The molecule has 3 heterocycles. The predicted octanol–water partition coefficient (Wildman–Crippen LogP) is 4.20. The van der Waals surface area contributed by atoms with Gasteiger partial charge in [-0.1, -0.05) is 18.2 Å². The fourth-order valence-electron chi connectivity index (χ4n) is 3.84. The third-order valence-electron chi connectivity index (χ3n) is 5.39. The van der Waals surface area contributed by atoms with E-state index in [0.29, 0.717) is 0 Å². The van der Waals surface area contributed by atoms with Crippen molar-refractivity contribution in [1.29, 1.82) is 0 Å². The molecular formula is C21H20ClN7S. The molecule has 0 unspecified atom stereocenters. The molecule has 0 radical (unpaired) electrons. The average molecular weight is 438 g/mol. The van der Waals surface area contributed by atoms with E-state index >= 15 is 0 Å². The van der Waals surface area contributed by atoms with Gasteiger partial charge in [0.1, 0.15) is 17.8 Å². The van der Waals surface area contributed by atoms with Crippen LogP contribution in [0.15, 0.2) is 54.9 Å². The van der Waals surface area contributed by atoms with Gasteiger partial charge in [0.05, 0.1) is 5.39 Å². The second-order valence-electron chi connectivity index (χ2n) is 7.17. The lowest BCUT2D eigenvalue weighted by atomic mass is 10.2. The quantitative estimate of drug-likeness (QED) is 0.328. The molecule has 0 amide bonds. The second-order valence-corrected chi connectivity index (χ2v) is 7.74. The predicted molar refractivity (Wildman–Crippen MR) is 127 cm³/mol. The molecule has 7 nitrogen and oxygen atoms in total. The van der Waals surface area contributed by atoms with Gasteiger partial charge in [0.25, 0.3) is 0 Å². The molecule has 30 heavy (non-hydrogen) atoms. The molecule has 2 aromatic heterocycles. The largest absolute Gasteiger partial charge is 0.352 e. The van der Waals surface area contributed by atoms with Crippen LogP contribution in [0.3, 0.4) is 0 Å². The first kappa shape index (κ1) is 18.9. The summed E-state index contributed by atoms with van der Waals surface area (Å²) in [6, 6.07) is 15.9. The number of piperazine rings is 1. The fourth-order valence-corrected chi connectivity index (χ4v) is 4.26. The maximum Gasteiger partial charge on any atom is 0.173 e. The van der Waals surface area contributed by atoms with Crippen LogP contribution in [0.25, 0.3) is 21.9 Å². The van der Waals surface area contributed by atoms with Gasteiger partial charge in [0.2, 0.25) is 0 Å². The number of rotatable bonds is 3. The highest BCUT2D eigenvalue weighted by molar-refractivity contribution is 7.80. The smallest absolute Gasteiger partial charge is 0.173 e. The molecule has 152 valence electrons. The van der Waals surface area contributed by atoms with Crippen molar-refractivity contribution in [2.75, 3.05) is 41.2 Å². The summed E-state index contributed by atoms with van der Waals surface area (Å²) in [5, 5.41) is 6.26. The van der Waals surface area contributed by atoms with Gasteiger partial charge in [-0.05, 0) is 42.5 Å². The summed E-state index contributed by atoms with van der Waals surface area (Å²) in [7, 11) is 0. The number of aromatic amines is 1. The van der Waals surface area contributed by atoms with Crippen LogP contribution in [0.5, 0.6) is 0 Å². The van der Waals surface area contributed by atoms with Crippen LogP contribution in [-0.2, 0) is 0 Å². The van der Waals surface area contributed by atoms with Gasteiger partial charge in [0.15, 0.2) is 5.11 Å². The Labute approximate surface area is 184 Å². The van der Waals surface area contributed by atoms with E-state index in [1.165, 1.54) is 0 Å². The van der Waals surface area contributed by atoms with E-state index < -0.39 is 0 Å². The number of nitrogens with one attached hydrogen (secondary N) is 3. The highest BCUT2D eigenvalue weighted by atomic mass is 35.5. The van der Waals surface area contributed by atoms with Crippen LogP contribution >= 0.6 is 24.0 Å². The number of aromatic nitrogens is 3. The monoisotopic (exact) mass is 437 g/mol. The van der Waals surface area contributed by atoms with Crippen LogP contribution in [0.1, 0.15) is 0 Å². The molecular weight excluding hydrogens is 418 g/mol. The molecule has 9 heteroatoms. The van der Waals surface area contributed by atoms with E-state index in [9.17, 15) is 0 Å². The zero-order chi connectivity index (χ0) is 20.5. The number of nitrogens with zero attached hydrogens (tertiary/aromatic N) is 4. The number of hydrogen-bond acceptors (Lipinski definition) is 5. The first-order chi connectivity index (χ1) is 14.7. The Morgan fingerprint density at radius 2 is 1.70 bits per heavy atom. The van der Waals surface area contributed by atoms with Crippen molar-refractivity contribution in [3.63, 3.8) is 0 Å². The summed E-state index contributed by atoms with van der Waals surface area (Å²) in [6.07, 6.45) is 1.63. The number of anilines is 3. The van der Waals surface area contributed by atoms with Crippen LogP contribution < -0.4 is 15.1 Å². The van der Waals surface area contributed by atoms with Crippen LogP contribution in [0.2, 0.25) is 0 Å². The molecule has 5 rings (SSSR count). The Hall–Kier alpha value is -3.10. The lowest BCUT2D eigenvalue weighted by Gasteiger charge is -2.37. The topological polar surface area (TPSA) is 72.1 Å². The normalized spacial score (nSPS) is 14.3.